The fourth-order valence-corrected chi connectivity index (χ4v) is 0.946. The number of rotatable bonds is 0. The first kappa shape index (κ1) is 10.9. The highest BCUT2D eigenvalue weighted by atomic mass is 16.6. The average molecular weight is 191 g/mol. The van der Waals surface area contributed by atoms with Gasteiger partial charge in [0, 0.05) is 0 Å². The van der Waals surface area contributed by atoms with Crippen LogP contribution in [0.5, 0.6) is 0 Å². The van der Waals surface area contributed by atoms with Crippen LogP contribution in [-0.4, -0.2) is 52.5 Å². The molecule has 1 atom stereocenters. The molecular weight excluding hydrogens is 174 g/mol. The molecule has 0 aromatic carbocycles. The molecule has 0 spiro atoms. The van der Waals surface area contributed by atoms with Crippen LogP contribution in [0, 0.1) is 0 Å². The van der Waals surface area contributed by atoms with Gasteiger partial charge in [0.25, 0.3) is 0 Å². The Kier molecular flexibility index (Phi) is 6.05. The molecule has 1 aliphatic heterocycles. The Labute approximate surface area is 78.1 Å². The lowest BCUT2D eigenvalue weighted by Crippen LogP contribution is -2.32. The molecule has 0 aromatic heterocycles. The lowest BCUT2D eigenvalue weighted by atomic mass is 10.6. The number of hydrogen-bond acceptors (Lipinski definition) is 5. The van der Waals surface area contributed by atoms with Gasteiger partial charge in [0.15, 0.2) is 0 Å². The predicted octanol–water partition coefficient (Wildman–Crippen LogP) is -0.649. The van der Waals surface area contributed by atoms with Gasteiger partial charge < -0.3 is 24.7 Å². The Morgan fingerprint density at radius 2 is 1.31 bits per heavy atom. The van der Waals surface area contributed by atoms with Gasteiger partial charge in [-0.15, -0.1) is 0 Å². The highest BCUT2D eigenvalue weighted by Crippen LogP contribution is 1.89. The van der Waals surface area contributed by atoms with Gasteiger partial charge in [-0.25, -0.2) is 0 Å². The van der Waals surface area contributed by atoms with E-state index in [0.29, 0.717) is 46.2 Å². The second-order valence-electron chi connectivity index (χ2n) is 2.71. The zero-order valence-electron chi connectivity index (χ0n) is 7.74. The molecule has 1 rings (SSSR count). The van der Waals surface area contributed by atoms with E-state index >= 15 is 0 Å². The van der Waals surface area contributed by atoms with Crippen molar-refractivity contribution >= 4 is 0 Å². The van der Waals surface area contributed by atoms with Gasteiger partial charge in [0.05, 0.1) is 46.2 Å². The first-order chi connectivity index (χ1) is 6.39. The zero-order chi connectivity index (χ0) is 9.36. The van der Waals surface area contributed by atoms with Gasteiger partial charge in [0.2, 0.25) is 0 Å². The van der Waals surface area contributed by atoms with Gasteiger partial charge in [-0.3, -0.25) is 0 Å². The lowest BCUT2D eigenvalue weighted by molar-refractivity contribution is -0.0644. The summed E-state index contributed by atoms with van der Waals surface area (Å²) in [7, 11) is 0. The molecular formula is C8H17NO4. The second kappa shape index (κ2) is 7.23. The summed E-state index contributed by atoms with van der Waals surface area (Å²) in [6.07, 6.45) is -0.358. The van der Waals surface area contributed by atoms with E-state index in [1.165, 1.54) is 0 Å². The van der Waals surface area contributed by atoms with Gasteiger partial charge >= 0.3 is 0 Å². The SMILES string of the molecule is NC1COCCOCCOCCO1. The van der Waals surface area contributed by atoms with Crippen molar-refractivity contribution in [3.05, 3.63) is 0 Å². The Bertz CT molecular complexity index is 111. The van der Waals surface area contributed by atoms with E-state index in [1.54, 1.807) is 0 Å². The van der Waals surface area contributed by atoms with Gasteiger partial charge in [0.1, 0.15) is 6.23 Å². The summed E-state index contributed by atoms with van der Waals surface area (Å²) in [6.45, 7) is 3.80. The quantitative estimate of drug-likeness (QED) is 0.551. The third kappa shape index (κ3) is 5.95. The summed E-state index contributed by atoms with van der Waals surface area (Å²) in [5.41, 5.74) is 5.57. The topological polar surface area (TPSA) is 62.9 Å². The number of ether oxygens (including phenoxy) is 4. The van der Waals surface area contributed by atoms with Crippen LogP contribution in [0.15, 0.2) is 0 Å². The van der Waals surface area contributed by atoms with E-state index in [1.807, 2.05) is 0 Å². The van der Waals surface area contributed by atoms with Gasteiger partial charge in [-0.2, -0.15) is 0 Å². The highest BCUT2D eigenvalue weighted by Gasteiger charge is 2.03. The van der Waals surface area contributed by atoms with Crippen LogP contribution in [0.3, 0.4) is 0 Å². The van der Waals surface area contributed by atoms with Crippen molar-refractivity contribution in [3.8, 4) is 0 Å². The molecule has 0 radical (unpaired) electrons. The predicted molar refractivity (Wildman–Crippen MR) is 46.4 cm³/mol. The fraction of sp³-hybridized carbons (Fsp3) is 1.00. The monoisotopic (exact) mass is 191 g/mol. The van der Waals surface area contributed by atoms with Crippen LogP contribution in [0.2, 0.25) is 0 Å². The summed E-state index contributed by atoms with van der Waals surface area (Å²) >= 11 is 0. The van der Waals surface area contributed by atoms with Crippen LogP contribution < -0.4 is 5.73 Å². The Balaban J connectivity index is 2.11. The minimum atomic E-state index is -0.358. The molecule has 13 heavy (non-hydrogen) atoms. The van der Waals surface area contributed by atoms with Crippen LogP contribution in [0.4, 0.5) is 0 Å². The van der Waals surface area contributed by atoms with Crippen molar-refractivity contribution < 1.29 is 18.9 Å². The normalized spacial score (nSPS) is 28.8. The van der Waals surface area contributed by atoms with E-state index in [-0.39, 0.29) is 6.23 Å². The summed E-state index contributed by atoms with van der Waals surface area (Å²) in [5, 5.41) is 0. The van der Waals surface area contributed by atoms with Gasteiger partial charge in [-0.1, -0.05) is 0 Å². The fourth-order valence-electron chi connectivity index (χ4n) is 0.946. The summed E-state index contributed by atoms with van der Waals surface area (Å²) in [5.74, 6) is 0. The maximum absolute atomic E-state index is 5.57. The molecule has 0 aromatic rings. The average Bonchev–Trinajstić information content (AvgIpc) is 2.11. The zero-order valence-corrected chi connectivity index (χ0v) is 7.74. The van der Waals surface area contributed by atoms with Crippen molar-refractivity contribution in [2.75, 3.05) is 46.2 Å². The minimum Gasteiger partial charge on any atom is -0.377 e. The summed E-state index contributed by atoms with van der Waals surface area (Å²) in [6, 6.07) is 0. The first-order valence-corrected chi connectivity index (χ1v) is 4.50. The minimum absolute atomic E-state index is 0.358. The summed E-state index contributed by atoms with van der Waals surface area (Å²) < 4.78 is 20.8. The molecule has 1 saturated heterocycles. The smallest absolute Gasteiger partial charge is 0.129 e. The molecule has 0 aliphatic carbocycles. The Hall–Kier alpha value is -0.200. The largest absolute Gasteiger partial charge is 0.377 e. The Morgan fingerprint density at radius 3 is 2.00 bits per heavy atom. The number of nitrogens with two attached hydrogens (primary N) is 1. The third-order valence-electron chi connectivity index (χ3n) is 1.59. The van der Waals surface area contributed by atoms with E-state index in [0.717, 1.165) is 0 Å². The molecule has 1 fully saturated rings. The molecule has 5 heteroatoms. The van der Waals surface area contributed by atoms with Crippen molar-refractivity contribution in [1.82, 2.24) is 0 Å². The molecule has 0 amide bonds. The van der Waals surface area contributed by atoms with E-state index in [4.69, 9.17) is 24.7 Å². The van der Waals surface area contributed by atoms with Crippen molar-refractivity contribution in [2.24, 2.45) is 5.73 Å². The molecule has 5 nitrogen and oxygen atoms in total. The van der Waals surface area contributed by atoms with Crippen molar-refractivity contribution in [1.29, 1.82) is 0 Å². The maximum Gasteiger partial charge on any atom is 0.129 e. The lowest BCUT2D eigenvalue weighted by Gasteiger charge is -2.15. The van der Waals surface area contributed by atoms with E-state index < -0.39 is 0 Å². The van der Waals surface area contributed by atoms with Crippen LogP contribution >= 0.6 is 0 Å². The maximum atomic E-state index is 5.57. The summed E-state index contributed by atoms with van der Waals surface area (Å²) in [4.78, 5) is 0. The number of hydrogen-bond donors (Lipinski definition) is 1. The molecule has 1 unspecified atom stereocenters. The van der Waals surface area contributed by atoms with E-state index in [2.05, 4.69) is 0 Å². The molecule has 78 valence electrons. The van der Waals surface area contributed by atoms with Gasteiger partial charge in [-0.05, 0) is 0 Å². The standard InChI is InChI=1S/C8H17NO4/c9-8-7-12-4-3-10-1-2-11-5-6-13-8/h8H,1-7,9H2. The molecule has 0 saturated carbocycles. The van der Waals surface area contributed by atoms with Crippen molar-refractivity contribution in [2.45, 2.75) is 6.23 Å². The van der Waals surface area contributed by atoms with Crippen LogP contribution in [0.1, 0.15) is 0 Å². The Morgan fingerprint density at radius 1 is 0.769 bits per heavy atom. The highest BCUT2D eigenvalue weighted by molar-refractivity contribution is 4.46. The molecule has 1 heterocycles. The molecule has 0 bridgehead atoms. The first-order valence-electron chi connectivity index (χ1n) is 4.50. The molecule has 1 aliphatic rings. The van der Waals surface area contributed by atoms with Crippen molar-refractivity contribution in [3.63, 3.8) is 0 Å². The van der Waals surface area contributed by atoms with Crippen LogP contribution in [-0.2, 0) is 18.9 Å². The third-order valence-corrected chi connectivity index (χ3v) is 1.59. The van der Waals surface area contributed by atoms with E-state index in [9.17, 15) is 0 Å². The molecule has 2 N–H and O–H groups in total. The second-order valence-corrected chi connectivity index (χ2v) is 2.71. The van der Waals surface area contributed by atoms with Crippen LogP contribution in [0.25, 0.3) is 0 Å².